The zero-order valence-electron chi connectivity index (χ0n) is 19.2. The molecule has 1 aromatic carbocycles. The van der Waals surface area contributed by atoms with Crippen molar-refractivity contribution < 1.29 is 9.90 Å². The van der Waals surface area contributed by atoms with Crippen molar-refractivity contribution in [3.63, 3.8) is 0 Å². The Bertz CT molecular complexity index is 883. The number of hydrogen-bond donors (Lipinski definition) is 1. The van der Waals surface area contributed by atoms with E-state index in [2.05, 4.69) is 58.0 Å². The molecule has 1 aromatic rings. The molecule has 0 radical (unpaired) electrons. The van der Waals surface area contributed by atoms with Gasteiger partial charge in [-0.1, -0.05) is 51.1 Å². The summed E-state index contributed by atoms with van der Waals surface area (Å²) < 4.78 is 0. The van der Waals surface area contributed by atoms with Gasteiger partial charge in [0.15, 0.2) is 5.78 Å². The van der Waals surface area contributed by atoms with E-state index >= 15 is 0 Å². The first-order valence-electron chi connectivity index (χ1n) is 12.1. The van der Waals surface area contributed by atoms with Crippen LogP contribution in [0.3, 0.4) is 0 Å². The topological polar surface area (TPSA) is 37.3 Å². The number of carbonyl (C=O) groups is 1. The largest absolute Gasteiger partial charge is 0.390 e. The van der Waals surface area contributed by atoms with E-state index in [1.165, 1.54) is 19.3 Å². The molecule has 0 saturated heterocycles. The van der Waals surface area contributed by atoms with Crippen LogP contribution in [0.5, 0.6) is 0 Å². The minimum absolute atomic E-state index is 0.0610. The second-order valence-electron chi connectivity index (χ2n) is 12.0. The molecule has 2 heteroatoms. The second-order valence-corrected chi connectivity index (χ2v) is 12.0. The number of Topliss-reactive ketones (excluding diaryl/α,β-unsaturated/α-hetero) is 1. The highest BCUT2D eigenvalue weighted by Crippen LogP contribution is 2.71. The van der Waals surface area contributed by atoms with Crippen LogP contribution < -0.4 is 0 Å². The standard InChI is InChI=1S/C28H38O2/c1-25-13-10-21-22-12-15-28(4,30)26(22,2)14-11-23(21)27(25,3)17-20(24(29)18-25)16-19-8-6-5-7-9-19/h5-9,16,21-23,30H,10-15,17-18H2,1-4H3/b20-16+/t21-,22-,23-,25+,26+,27-,28+/m1/s1. The zero-order valence-corrected chi connectivity index (χ0v) is 19.2. The summed E-state index contributed by atoms with van der Waals surface area (Å²) in [6.45, 7) is 9.36. The van der Waals surface area contributed by atoms with Crippen LogP contribution in [-0.2, 0) is 4.79 Å². The van der Waals surface area contributed by atoms with Crippen LogP contribution in [0.25, 0.3) is 6.08 Å². The Kier molecular flexibility index (Phi) is 4.47. The molecular weight excluding hydrogens is 368 g/mol. The third kappa shape index (κ3) is 2.68. The van der Waals surface area contributed by atoms with Crippen LogP contribution in [0.2, 0.25) is 0 Å². The molecule has 4 aliphatic rings. The maximum Gasteiger partial charge on any atom is 0.159 e. The van der Waals surface area contributed by atoms with Gasteiger partial charge in [0, 0.05) is 6.42 Å². The van der Waals surface area contributed by atoms with Crippen LogP contribution in [0.4, 0.5) is 0 Å². The molecule has 0 amide bonds. The Balaban J connectivity index is 1.50. The van der Waals surface area contributed by atoms with Crippen molar-refractivity contribution in [1.29, 1.82) is 0 Å². The first kappa shape index (κ1) is 20.5. The molecule has 1 N–H and O–H groups in total. The minimum atomic E-state index is -0.523. The lowest BCUT2D eigenvalue weighted by atomic mass is 9.40. The van der Waals surface area contributed by atoms with Crippen molar-refractivity contribution in [3.05, 3.63) is 41.5 Å². The van der Waals surface area contributed by atoms with Gasteiger partial charge in [0.05, 0.1) is 5.60 Å². The van der Waals surface area contributed by atoms with Crippen molar-refractivity contribution >= 4 is 11.9 Å². The van der Waals surface area contributed by atoms with E-state index in [1.807, 2.05) is 6.07 Å². The highest BCUT2D eigenvalue weighted by Gasteiger charge is 2.65. The van der Waals surface area contributed by atoms with Crippen LogP contribution in [0, 0.1) is 34.0 Å². The molecule has 4 fully saturated rings. The normalized spacial score (nSPS) is 49.4. The van der Waals surface area contributed by atoms with Gasteiger partial charge in [-0.3, -0.25) is 4.79 Å². The molecule has 2 nitrogen and oxygen atoms in total. The number of fused-ring (bicyclic) bond motifs is 5. The molecule has 0 aromatic heterocycles. The molecular formula is C28H38O2. The summed E-state index contributed by atoms with van der Waals surface area (Å²) in [5.74, 6) is 2.35. The average Bonchev–Trinajstić information content (AvgIpc) is 2.94. The van der Waals surface area contributed by atoms with Gasteiger partial charge in [-0.15, -0.1) is 0 Å². The Morgan fingerprint density at radius 2 is 1.53 bits per heavy atom. The number of hydrogen-bond acceptors (Lipinski definition) is 2. The van der Waals surface area contributed by atoms with E-state index in [1.54, 1.807) is 0 Å². The van der Waals surface area contributed by atoms with Gasteiger partial charge in [-0.05, 0) is 103 Å². The number of aliphatic hydroxyl groups is 1. The molecule has 0 unspecified atom stereocenters. The quantitative estimate of drug-likeness (QED) is 0.545. The lowest BCUT2D eigenvalue weighted by Gasteiger charge is -2.64. The molecule has 0 aliphatic heterocycles. The molecule has 0 spiro atoms. The summed E-state index contributed by atoms with van der Waals surface area (Å²) in [4.78, 5) is 13.2. The van der Waals surface area contributed by atoms with Crippen LogP contribution >= 0.6 is 0 Å². The molecule has 0 heterocycles. The summed E-state index contributed by atoms with van der Waals surface area (Å²) in [7, 11) is 0. The Labute approximate surface area is 182 Å². The van der Waals surface area contributed by atoms with Gasteiger partial charge in [-0.2, -0.15) is 0 Å². The number of benzene rings is 1. The number of allylic oxidation sites excluding steroid dienone is 1. The highest BCUT2D eigenvalue weighted by atomic mass is 16.3. The van der Waals surface area contributed by atoms with Crippen LogP contribution in [-0.4, -0.2) is 16.5 Å². The summed E-state index contributed by atoms with van der Waals surface area (Å²) >= 11 is 0. The van der Waals surface area contributed by atoms with Gasteiger partial charge < -0.3 is 5.11 Å². The first-order chi connectivity index (χ1) is 14.1. The third-order valence-electron chi connectivity index (χ3n) is 10.8. The van der Waals surface area contributed by atoms with Gasteiger partial charge in [0.1, 0.15) is 0 Å². The lowest BCUT2D eigenvalue weighted by Crippen LogP contribution is -2.59. The van der Waals surface area contributed by atoms with Gasteiger partial charge in [-0.25, -0.2) is 0 Å². The summed E-state index contributed by atoms with van der Waals surface area (Å²) in [5.41, 5.74) is 1.99. The van der Waals surface area contributed by atoms with E-state index in [0.29, 0.717) is 30.0 Å². The lowest BCUT2D eigenvalue weighted by molar-refractivity contribution is -0.169. The monoisotopic (exact) mass is 406 g/mol. The van der Waals surface area contributed by atoms with E-state index in [0.717, 1.165) is 36.8 Å². The SMILES string of the molecule is C[C@@]12CC[C@@H]3[C@H]4CC[C@](C)(O)[C@@]4(C)CC[C@H]3[C@@]1(C)C/C(=C\c1ccccc1)C(=O)C2. The molecule has 30 heavy (non-hydrogen) atoms. The van der Waals surface area contributed by atoms with Crippen molar-refractivity contribution in [1.82, 2.24) is 0 Å². The summed E-state index contributed by atoms with van der Waals surface area (Å²) in [6, 6.07) is 10.3. The van der Waals surface area contributed by atoms with Crippen molar-refractivity contribution in [2.24, 2.45) is 34.0 Å². The van der Waals surface area contributed by atoms with Gasteiger partial charge in [0.2, 0.25) is 0 Å². The maximum atomic E-state index is 13.2. The van der Waals surface area contributed by atoms with Gasteiger partial charge >= 0.3 is 0 Å². The van der Waals surface area contributed by atoms with E-state index < -0.39 is 5.60 Å². The zero-order chi connectivity index (χ0) is 21.4. The molecule has 0 bridgehead atoms. The highest BCUT2D eigenvalue weighted by molar-refractivity contribution is 6.01. The number of rotatable bonds is 1. The van der Waals surface area contributed by atoms with Crippen molar-refractivity contribution in [3.8, 4) is 0 Å². The fraction of sp³-hybridized carbons (Fsp3) is 0.679. The number of ketones is 1. The molecule has 4 saturated carbocycles. The molecule has 7 atom stereocenters. The fourth-order valence-corrected chi connectivity index (χ4v) is 8.42. The van der Waals surface area contributed by atoms with Gasteiger partial charge in [0.25, 0.3) is 0 Å². The molecule has 5 rings (SSSR count). The smallest absolute Gasteiger partial charge is 0.159 e. The average molecular weight is 407 g/mol. The third-order valence-corrected chi connectivity index (χ3v) is 10.8. The Morgan fingerprint density at radius 1 is 0.867 bits per heavy atom. The maximum absolute atomic E-state index is 13.2. The minimum Gasteiger partial charge on any atom is -0.390 e. The summed E-state index contributed by atoms with van der Waals surface area (Å²) in [5, 5.41) is 11.2. The second kappa shape index (κ2) is 6.55. The first-order valence-corrected chi connectivity index (χ1v) is 12.1. The van der Waals surface area contributed by atoms with E-state index in [-0.39, 0.29) is 16.2 Å². The number of carbonyl (C=O) groups excluding carboxylic acids is 1. The molecule has 162 valence electrons. The predicted octanol–water partition coefficient (Wildman–Crippen LogP) is 6.43. The summed E-state index contributed by atoms with van der Waals surface area (Å²) in [6.07, 6.45) is 10.6. The van der Waals surface area contributed by atoms with Crippen molar-refractivity contribution in [2.45, 2.75) is 84.7 Å². The van der Waals surface area contributed by atoms with Crippen LogP contribution in [0.1, 0.15) is 84.6 Å². The van der Waals surface area contributed by atoms with Crippen molar-refractivity contribution in [2.75, 3.05) is 0 Å². The fourth-order valence-electron chi connectivity index (χ4n) is 8.42. The van der Waals surface area contributed by atoms with E-state index in [9.17, 15) is 9.90 Å². The molecule has 4 aliphatic carbocycles. The Hall–Kier alpha value is -1.41. The van der Waals surface area contributed by atoms with E-state index in [4.69, 9.17) is 0 Å². The van der Waals surface area contributed by atoms with Crippen LogP contribution in [0.15, 0.2) is 35.9 Å². The Morgan fingerprint density at radius 3 is 2.27 bits per heavy atom. The predicted molar refractivity (Wildman–Crippen MR) is 122 cm³/mol.